The largest absolute Gasteiger partial charge is 0.432 e. The van der Waals surface area contributed by atoms with Crippen LogP contribution in [0.2, 0.25) is 10.0 Å². The van der Waals surface area contributed by atoms with Crippen molar-refractivity contribution in [3.8, 4) is 11.6 Å². The van der Waals surface area contributed by atoms with Crippen LogP contribution in [0, 0.1) is 6.92 Å². The summed E-state index contributed by atoms with van der Waals surface area (Å²) in [6, 6.07) is 14.2. The topological polar surface area (TPSA) is 73.8 Å². The van der Waals surface area contributed by atoms with Gasteiger partial charge in [-0.15, -0.1) is 10.2 Å². The van der Waals surface area contributed by atoms with Crippen molar-refractivity contribution in [2.75, 3.05) is 0 Å². The van der Waals surface area contributed by atoms with Gasteiger partial charge in [0.1, 0.15) is 11.4 Å². The Morgan fingerprint density at radius 2 is 1.86 bits per heavy atom. The van der Waals surface area contributed by atoms with Crippen LogP contribution in [-0.2, 0) is 12.7 Å². The molecule has 0 fully saturated rings. The number of ketones is 1. The maximum atomic E-state index is 14.6. The van der Waals surface area contributed by atoms with E-state index in [1.54, 1.807) is 37.3 Å². The number of aryl methyl sites for hydroxylation is 1. The van der Waals surface area contributed by atoms with Crippen molar-refractivity contribution in [3.05, 3.63) is 99.1 Å². The van der Waals surface area contributed by atoms with Crippen molar-refractivity contribution in [2.45, 2.75) is 19.6 Å². The summed E-state index contributed by atoms with van der Waals surface area (Å²) in [5, 5.41) is 8.18. The standard InChI is InChI=1S/C25H15Cl2F3N4O2/c1-13-5-8-19-16(10-13)20(21(35)24-33-32-23(36-24)18-4-2-3-9-31-18)22(25(28,29)30)34(19)12-14-6-7-15(26)11-17(14)27/h2-11H,12H2,1H3. The molecule has 0 aliphatic rings. The van der Waals surface area contributed by atoms with Crippen LogP contribution >= 0.6 is 23.2 Å². The second-order valence-corrected chi connectivity index (χ2v) is 8.86. The second-order valence-electron chi connectivity index (χ2n) is 8.02. The number of carbonyl (C=O) groups excluding carboxylic acids is 1. The summed E-state index contributed by atoms with van der Waals surface area (Å²) < 4.78 is 50.1. The number of hydrogen-bond donors (Lipinski definition) is 0. The number of carbonyl (C=O) groups is 1. The van der Waals surface area contributed by atoms with E-state index in [0.29, 0.717) is 16.1 Å². The molecule has 6 nitrogen and oxygen atoms in total. The minimum atomic E-state index is -4.89. The number of hydrogen-bond acceptors (Lipinski definition) is 5. The van der Waals surface area contributed by atoms with E-state index in [4.69, 9.17) is 27.6 Å². The first-order valence-corrected chi connectivity index (χ1v) is 11.3. The first-order valence-electron chi connectivity index (χ1n) is 10.6. The third-order valence-electron chi connectivity index (χ3n) is 5.56. The van der Waals surface area contributed by atoms with Gasteiger partial charge in [-0.1, -0.05) is 47.0 Å². The number of alkyl halides is 3. The van der Waals surface area contributed by atoms with Gasteiger partial charge in [-0.3, -0.25) is 9.78 Å². The first-order chi connectivity index (χ1) is 17.1. The quantitative estimate of drug-likeness (QED) is 0.229. The fourth-order valence-corrected chi connectivity index (χ4v) is 4.46. The van der Waals surface area contributed by atoms with Gasteiger partial charge in [-0.25, -0.2) is 0 Å². The number of pyridine rings is 1. The van der Waals surface area contributed by atoms with Gasteiger partial charge in [0, 0.05) is 33.7 Å². The third kappa shape index (κ3) is 4.36. The molecular formula is C25H15Cl2F3N4O2. The molecule has 5 rings (SSSR count). The van der Waals surface area contributed by atoms with Gasteiger partial charge in [0.25, 0.3) is 17.6 Å². The Hall–Kier alpha value is -3.69. The summed E-state index contributed by atoms with van der Waals surface area (Å²) in [4.78, 5) is 17.6. The normalized spacial score (nSPS) is 11.8. The molecule has 2 aromatic carbocycles. The predicted octanol–water partition coefficient (Wildman–Crippen LogP) is 7.00. The lowest BCUT2D eigenvalue weighted by atomic mass is 10.0. The Kier molecular flexibility index (Phi) is 6.05. The monoisotopic (exact) mass is 530 g/mol. The number of nitrogens with zero attached hydrogens (tertiary/aromatic N) is 4. The number of halogens is 5. The summed E-state index contributed by atoms with van der Waals surface area (Å²) in [6.07, 6.45) is -3.40. The molecule has 0 aliphatic carbocycles. The zero-order chi connectivity index (χ0) is 25.6. The van der Waals surface area contributed by atoms with Crippen LogP contribution in [0.15, 0.2) is 65.2 Å². The van der Waals surface area contributed by atoms with Crippen LogP contribution in [0.1, 0.15) is 33.1 Å². The highest BCUT2D eigenvalue weighted by Crippen LogP contribution is 2.40. The lowest BCUT2D eigenvalue weighted by molar-refractivity contribution is -0.143. The fraction of sp³-hybridized carbons (Fsp3) is 0.120. The molecule has 3 aromatic heterocycles. The molecule has 0 unspecified atom stereocenters. The van der Waals surface area contributed by atoms with Crippen molar-refractivity contribution < 1.29 is 22.4 Å². The zero-order valence-corrected chi connectivity index (χ0v) is 20.0. The molecule has 0 atom stereocenters. The van der Waals surface area contributed by atoms with Gasteiger partial charge in [0.05, 0.1) is 5.56 Å². The molecule has 0 radical (unpaired) electrons. The van der Waals surface area contributed by atoms with Crippen LogP contribution in [0.5, 0.6) is 0 Å². The van der Waals surface area contributed by atoms with E-state index in [0.717, 1.165) is 4.57 Å². The minimum Gasteiger partial charge on any atom is -0.412 e. The lowest BCUT2D eigenvalue weighted by Gasteiger charge is -2.15. The summed E-state index contributed by atoms with van der Waals surface area (Å²) in [6.45, 7) is 1.47. The Bertz CT molecular complexity index is 1610. The van der Waals surface area contributed by atoms with Crippen molar-refractivity contribution in [2.24, 2.45) is 0 Å². The van der Waals surface area contributed by atoms with E-state index in [9.17, 15) is 18.0 Å². The van der Waals surface area contributed by atoms with E-state index in [2.05, 4.69) is 15.2 Å². The Morgan fingerprint density at radius 1 is 1.06 bits per heavy atom. The molecule has 5 aromatic rings. The van der Waals surface area contributed by atoms with Gasteiger partial charge >= 0.3 is 6.18 Å². The molecule has 3 heterocycles. The summed E-state index contributed by atoms with van der Waals surface area (Å²) >= 11 is 12.2. The van der Waals surface area contributed by atoms with E-state index in [1.807, 2.05) is 0 Å². The maximum Gasteiger partial charge on any atom is 0.432 e. The summed E-state index contributed by atoms with van der Waals surface area (Å²) in [5.74, 6) is -1.71. The fourth-order valence-electron chi connectivity index (χ4n) is 3.99. The molecule has 182 valence electrons. The molecule has 0 N–H and O–H groups in total. The number of benzene rings is 2. The number of fused-ring (bicyclic) bond motifs is 1. The Labute approximate surface area is 212 Å². The van der Waals surface area contributed by atoms with E-state index in [1.165, 1.54) is 30.5 Å². The van der Waals surface area contributed by atoms with Gasteiger partial charge in [0.15, 0.2) is 0 Å². The molecule has 11 heteroatoms. The van der Waals surface area contributed by atoms with Crippen molar-refractivity contribution in [3.63, 3.8) is 0 Å². The van der Waals surface area contributed by atoms with Crippen molar-refractivity contribution in [1.82, 2.24) is 19.7 Å². The van der Waals surface area contributed by atoms with E-state index >= 15 is 0 Å². The molecular weight excluding hydrogens is 516 g/mol. The van der Waals surface area contributed by atoms with Crippen LogP contribution in [-0.4, -0.2) is 25.5 Å². The highest BCUT2D eigenvalue weighted by molar-refractivity contribution is 6.35. The number of aromatic nitrogens is 4. The van der Waals surface area contributed by atoms with Gasteiger partial charge in [0.2, 0.25) is 0 Å². The summed E-state index contributed by atoms with van der Waals surface area (Å²) in [7, 11) is 0. The molecule has 0 amide bonds. The average molecular weight is 531 g/mol. The van der Waals surface area contributed by atoms with Gasteiger partial charge < -0.3 is 8.98 Å². The smallest absolute Gasteiger partial charge is 0.412 e. The van der Waals surface area contributed by atoms with Crippen LogP contribution in [0.3, 0.4) is 0 Å². The van der Waals surface area contributed by atoms with Crippen LogP contribution in [0.4, 0.5) is 13.2 Å². The summed E-state index contributed by atoms with van der Waals surface area (Å²) in [5.41, 5.74) is -0.161. The molecule has 0 saturated heterocycles. The Balaban J connectivity index is 1.71. The van der Waals surface area contributed by atoms with Gasteiger partial charge in [-0.05, 0) is 48.9 Å². The second kappa shape index (κ2) is 9.07. The average Bonchev–Trinajstić information content (AvgIpc) is 3.44. The highest BCUT2D eigenvalue weighted by Gasteiger charge is 2.42. The van der Waals surface area contributed by atoms with E-state index in [-0.39, 0.29) is 34.1 Å². The predicted molar refractivity (Wildman–Crippen MR) is 128 cm³/mol. The third-order valence-corrected chi connectivity index (χ3v) is 6.15. The van der Waals surface area contributed by atoms with Crippen molar-refractivity contribution in [1.29, 1.82) is 0 Å². The molecule has 0 aliphatic heterocycles. The highest BCUT2D eigenvalue weighted by atomic mass is 35.5. The SMILES string of the molecule is Cc1ccc2c(c1)c(C(=O)c1nnc(-c3ccccn3)o1)c(C(F)(F)F)n2Cc1ccc(Cl)cc1Cl. The van der Waals surface area contributed by atoms with Gasteiger partial charge in [-0.2, -0.15) is 13.2 Å². The maximum absolute atomic E-state index is 14.6. The number of rotatable bonds is 5. The van der Waals surface area contributed by atoms with Crippen LogP contribution in [0.25, 0.3) is 22.5 Å². The molecule has 0 spiro atoms. The zero-order valence-electron chi connectivity index (χ0n) is 18.5. The minimum absolute atomic E-state index is 0.0830. The molecule has 0 saturated carbocycles. The lowest BCUT2D eigenvalue weighted by Crippen LogP contribution is -2.19. The molecule has 0 bridgehead atoms. The first kappa shape index (κ1) is 24.0. The molecule has 36 heavy (non-hydrogen) atoms. The Morgan fingerprint density at radius 3 is 2.56 bits per heavy atom. The van der Waals surface area contributed by atoms with Crippen LogP contribution < -0.4 is 0 Å². The van der Waals surface area contributed by atoms with E-state index < -0.39 is 29.1 Å². The van der Waals surface area contributed by atoms with Crippen molar-refractivity contribution >= 4 is 39.9 Å².